The third-order valence-corrected chi connectivity index (χ3v) is 4.10. The summed E-state index contributed by atoms with van der Waals surface area (Å²) in [4.78, 5) is 23.3. The van der Waals surface area contributed by atoms with E-state index in [1.165, 1.54) is 0 Å². The van der Waals surface area contributed by atoms with Crippen molar-refractivity contribution in [3.8, 4) is 5.75 Å². The van der Waals surface area contributed by atoms with Crippen molar-refractivity contribution in [2.24, 2.45) is 0 Å². The molecule has 124 valence electrons. The first-order valence-electron chi connectivity index (χ1n) is 7.32. The standard InChI is InChI=1S/C17H14Cl2N2O3/c18-11-2-4-15(13(19)8-11)21-17(23)9-24-12-3-5-14-10(7-12)1-6-16(22)20-14/h2-5,7-8H,1,6,9H2,(H,20,22)(H,21,23). The Hall–Kier alpha value is -2.24. The molecule has 3 rings (SSSR count). The van der Waals surface area contributed by atoms with Gasteiger partial charge in [0.25, 0.3) is 5.91 Å². The number of nitrogens with one attached hydrogen (secondary N) is 2. The molecule has 0 atom stereocenters. The van der Waals surface area contributed by atoms with Gasteiger partial charge in [0.1, 0.15) is 5.75 Å². The van der Waals surface area contributed by atoms with Crippen molar-refractivity contribution in [2.45, 2.75) is 12.8 Å². The maximum absolute atomic E-state index is 12.0. The van der Waals surface area contributed by atoms with Crippen LogP contribution in [0.3, 0.4) is 0 Å². The SMILES string of the molecule is O=C(COc1ccc2c(c1)CCC(=O)N2)Nc1ccc(Cl)cc1Cl. The van der Waals surface area contributed by atoms with Crippen LogP contribution in [-0.4, -0.2) is 18.4 Å². The molecule has 1 aliphatic rings. The molecule has 0 radical (unpaired) electrons. The van der Waals surface area contributed by atoms with E-state index in [1.54, 1.807) is 30.3 Å². The zero-order chi connectivity index (χ0) is 17.1. The fourth-order valence-electron chi connectivity index (χ4n) is 2.38. The van der Waals surface area contributed by atoms with Crippen LogP contribution < -0.4 is 15.4 Å². The fraction of sp³-hybridized carbons (Fsp3) is 0.176. The van der Waals surface area contributed by atoms with Gasteiger partial charge < -0.3 is 15.4 Å². The summed E-state index contributed by atoms with van der Waals surface area (Å²) in [6.07, 6.45) is 1.11. The molecule has 0 aliphatic carbocycles. The highest BCUT2D eigenvalue weighted by Gasteiger charge is 2.15. The number of hydrogen-bond acceptors (Lipinski definition) is 3. The molecule has 7 heteroatoms. The van der Waals surface area contributed by atoms with Crippen LogP contribution >= 0.6 is 23.2 Å². The minimum absolute atomic E-state index is 0.00962. The van der Waals surface area contributed by atoms with Gasteiger partial charge in [0.05, 0.1) is 10.7 Å². The summed E-state index contributed by atoms with van der Waals surface area (Å²) in [5.41, 5.74) is 2.26. The molecule has 0 fully saturated rings. The quantitative estimate of drug-likeness (QED) is 0.864. The third-order valence-electron chi connectivity index (χ3n) is 3.55. The van der Waals surface area contributed by atoms with Gasteiger partial charge in [0.15, 0.2) is 6.61 Å². The van der Waals surface area contributed by atoms with Crippen LogP contribution in [0.25, 0.3) is 0 Å². The number of amides is 2. The van der Waals surface area contributed by atoms with Crippen molar-refractivity contribution in [1.82, 2.24) is 0 Å². The average Bonchev–Trinajstić information content (AvgIpc) is 2.55. The van der Waals surface area contributed by atoms with E-state index < -0.39 is 0 Å². The Balaban J connectivity index is 1.59. The number of fused-ring (bicyclic) bond motifs is 1. The van der Waals surface area contributed by atoms with Gasteiger partial charge in [0, 0.05) is 17.1 Å². The normalized spacial score (nSPS) is 13.0. The highest BCUT2D eigenvalue weighted by Crippen LogP contribution is 2.27. The van der Waals surface area contributed by atoms with Crippen LogP contribution in [0.1, 0.15) is 12.0 Å². The van der Waals surface area contributed by atoms with Crippen molar-refractivity contribution in [2.75, 3.05) is 17.2 Å². The topological polar surface area (TPSA) is 67.4 Å². The van der Waals surface area contributed by atoms with Crippen LogP contribution in [0, 0.1) is 0 Å². The van der Waals surface area contributed by atoms with Crippen LogP contribution in [0.5, 0.6) is 5.75 Å². The van der Waals surface area contributed by atoms with Crippen molar-refractivity contribution in [3.63, 3.8) is 0 Å². The van der Waals surface area contributed by atoms with E-state index in [0.29, 0.717) is 34.3 Å². The first kappa shape index (κ1) is 16.6. The monoisotopic (exact) mass is 364 g/mol. The molecule has 1 aliphatic heterocycles. The molecular formula is C17H14Cl2N2O3. The van der Waals surface area contributed by atoms with Crippen LogP contribution in [0.15, 0.2) is 36.4 Å². The number of carbonyl (C=O) groups excluding carboxylic acids is 2. The summed E-state index contributed by atoms with van der Waals surface area (Å²) in [7, 11) is 0. The summed E-state index contributed by atoms with van der Waals surface area (Å²) < 4.78 is 5.50. The maximum atomic E-state index is 12.0. The average molecular weight is 365 g/mol. The minimum Gasteiger partial charge on any atom is -0.484 e. The van der Waals surface area contributed by atoms with Gasteiger partial charge in [-0.1, -0.05) is 23.2 Å². The molecule has 2 amide bonds. The Labute approximate surface area is 148 Å². The molecule has 0 saturated carbocycles. The molecule has 0 spiro atoms. The van der Waals surface area contributed by atoms with Crippen molar-refractivity contribution in [1.29, 1.82) is 0 Å². The summed E-state index contributed by atoms with van der Waals surface area (Å²) in [6, 6.07) is 10.1. The Kier molecular flexibility index (Phi) is 4.92. The Bertz CT molecular complexity index is 808. The number of halogens is 2. The van der Waals surface area contributed by atoms with Gasteiger partial charge >= 0.3 is 0 Å². The molecule has 24 heavy (non-hydrogen) atoms. The van der Waals surface area contributed by atoms with E-state index in [0.717, 1.165) is 11.3 Å². The second kappa shape index (κ2) is 7.11. The molecule has 2 aromatic carbocycles. The van der Waals surface area contributed by atoms with E-state index in [9.17, 15) is 9.59 Å². The van der Waals surface area contributed by atoms with Crippen LogP contribution in [-0.2, 0) is 16.0 Å². The molecule has 1 heterocycles. The molecule has 2 N–H and O–H groups in total. The molecule has 0 saturated heterocycles. The minimum atomic E-state index is -0.328. The Morgan fingerprint density at radius 2 is 2.00 bits per heavy atom. The van der Waals surface area contributed by atoms with E-state index in [-0.39, 0.29) is 18.4 Å². The van der Waals surface area contributed by atoms with Crippen LogP contribution in [0.2, 0.25) is 10.0 Å². The lowest BCUT2D eigenvalue weighted by molar-refractivity contribution is -0.118. The number of carbonyl (C=O) groups is 2. The van der Waals surface area contributed by atoms with Crippen molar-refractivity contribution < 1.29 is 14.3 Å². The fourth-order valence-corrected chi connectivity index (χ4v) is 2.83. The Morgan fingerprint density at radius 3 is 2.79 bits per heavy atom. The van der Waals surface area contributed by atoms with E-state index in [2.05, 4.69) is 10.6 Å². The number of anilines is 2. The highest BCUT2D eigenvalue weighted by atomic mass is 35.5. The van der Waals surface area contributed by atoms with E-state index in [1.807, 2.05) is 6.07 Å². The molecule has 5 nitrogen and oxygen atoms in total. The predicted molar refractivity (Wildman–Crippen MR) is 94.0 cm³/mol. The first-order valence-corrected chi connectivity index (χ1v) is 8.07. The number of aryl methyl sites for hydroxylation is 1. The molecule has 0 aromatic heterocycles. The van der Waals surface area contributed by atoms with Gasteiger partial charge in [-0.2, -0.15) is 0 Å². The third kappa shape index (κ3) is 3.99. The number of rotatable bonds is 4. The lowest BCUT2D eigenvalue weighted by atomic mass is 10.0. The van der Waals surface area contributed by atoms with Crippen molar-refractivity contribution >= 4 is 46.4 Å². The Morgan fingerprint density at radius 1 is 1.17 bits per heavy atom. The van der Waals surface area contributed by atoms with Gasteiger partial charge in [-0.15, -0.1) is 0 Å². The second-order valence-electron chi connectivity index (χ2n) is 5.33. The highest BCUT2D eigenvalue weighted by molar-refractivity contribution is 6.36. The summed E-state index contributed by atoms with van der Waals surface area (Å²) in [5.74, 6) is 0.253. The summed E-state index contributed by atoms with van der Waals surface area (Å²) >= 11 is 11.8. The zero-order valence-corrected chi connectivity index (χ0v) is 14.1. The summed E-state index contributed by atoms with van der Waals surface area (Å²) in [5, 5.41) is 6.32. The smallest absolute Gasteiger partial charge is 0.262 e. The second-order valence-corrected chi connectivity index (χ2v) is 6.17. The van der Waals surface area contributed by atoms with Gasteiger partial charge in [-0.25, -0.2) is 0 Å². The number of benzene rings is 2. The van der Waals surface area contributed by atoms with Gasteiger partial charge in [0.2, 0.25) is 5.91 Å². The lowest BCUT2D eigenvalue weighted by Gasteiger charge is -2.17. The van der Waals surface area contributed by atoms with Gasteiger partial charge in [-0.05, 0) is 48.4 Å². The first-order chi connectivity index (χ1) is 11.5. The zero-order valence-electron chi connectivity index (χ0n) is 12.6. The molecule has 0 bridgehead atoms. The molecule has 2 aromatic rings. The van der Waals surface area contributed by atoms with Crippen LogP contribution in [0.4, 0.5) is 11.4 Å². The van der Waals surface area contributed by atoms with Crippen molar-refractivity contribution in [3.05, 3.63) is 52.0 Å². The maximum Gasteiger partial charge on any atom is 0.262 e. The van der Waals surface area contributed by atoms with E-state index >= 15 is 0 Å². The summed E-state index contributed by atoms with van der Waals surface area (Å²) in [6.45, 7) is -0.149. The number of ether oxygens (including phenoxy) is 1. The molecule has 0 unspecified atom stereocenters. The van der Waals surface area contributed by atoms with Gasteiger partial charge in [-0.3, -0.25) is 9.59 Å². The largest absolute Gasteiger partial charge is 0.484 e. The molecular weight excluding hydrogens is 351 g/mol. The van der Waals surface area contributed by atoms with E-state index in [4.69, 9.17) is 27.9 Å². The predicted octanol–water partition coefficient (Wildman–Crippen LogP) is 3.90. The lowest BCUT2D eigenvalue weighted by Crippen LogP contribution is -2.21. The number of hydrogen-bond donors (Lipinski definition) is 2.